The summed E-state index contributed by atoms with van der Waals surface area (Å²) in [4.78, 5) is 41.8. The van der Waals surface area contributed by atoms with Crippen molar-refractivity contribution in [2.75, 3.05) is 13.7 Å². The molecule has 1 fully saturated rings. The number of rotatable bonds is 8. The Kier molecular flexibility index (Phi) is 9.61. The smallest absolute Gasteiger partial charge is 0.338 e. The van der Waals surface area contributed by atoms with E-state index < -0.39 is 10.9 Å². The van der Waals surface area contributed by atoms with Gasteiger partial charge in [-0.2, -0.15) is 0 Å². The van der Waals surface area contributed by atoms with E-state index in [1.165, 1.54) is 28.8 Å². The average molecular weight is 769 g/mol. The molecule has 1 aliphatic rings. The first-order chi connectivity index (χ1) is 18.7. The topological polar surface area (TPSA) is 111 Å². The highest BCUT2D eigenvalue weighted by Gasteiger charge is 2.30. The zero-order chi connectivity index (χ0) is 28.1. The van der Waals surface area contributed by atoms with Gasteiger partial charge >= 0.3 is 5.97 Å². The van der Waals surface area contributed by atoms with Gasteiger partial charge in [0.05, 0.1) is 34.8 Å². The minimum Gasteiger partial charge on any atom is -0.487 e. The molecular weight excluding hydrogens is 748 g/mol. The summed E-state index contributed by atoms with van der Waals surface area (Å²) in [7, 11) is 1.67. The third-order valence-electron chi connectivity index (χ3n) is 5.46. The Morgan fingerprint density at radius 3 is 2.33 bits per heavy atom. The molecule has 0 spiro atoms. The van der Waals surface area contributed by atoms with Crippen molar-refractivity contribution in [1.29, 1.82) is 0 Å². The Morgan fingerprint density at radius 1 is 1.10 bits per heavy atom. The Labute approximate surface area is 256 Å². The molecule has 3 aromatic rings. The molecule has 200 valence electrons. The second-order valence-electron chi connectivity index (χ2n) is 8.16. The van der Waals surface area contributed by atoms with Gasteiger partial charge in [0.25, 0.3) is 11.6 Å². The molecule has 0 N–H and O–H groups in total. The molecule has 0 aromatic heterocycles. The zero-order valence-electron chi connectivity index (χ0n) is 20.7. The average Bonchev–Trinajstić information content (AvgIpc) is 3.16. The third kappa shape index (κ3) is 7.16. The maximum absolute atomic E-state index is 12.9. The first kappa shape index (κ1) is 29.0. The van der Waals surface area contributed by atoms with Crippen molar-refractivity contribution in [1.82, 2.24) is 4.90 Å². The van der Waals surface area contributed by atoms with Gasteiger partial charge in [-0.15, -0.1) is 0 Å². The lowest BCUT2D eigenvalue weighted by molar-refractivity contribution is -0.384. The Hall–Kier alpha value is -2.98. The molecule has 4 rings (SSSR count). The zero-order valence-corrected chi connectivity index (χ0v) is 25.9. The van der Waals surface area contributed by atoms with Crippen molar-refractivity contribution in [2.24, 2.45) is 4.99 Å². The van der Waals surface area contributed by atoms with Crippen LogP contribution in [-0.2, 0) is 16.1 Å². The number of carbonyl (C=O) groups is 2. The number of amidine groups is 1. The van der Waals surface area contributed by atoms with Gasteiger partial charge in [0.2, 0.25) is 0 Å². The molecule has 0 bridgehead atoms. The van der Waals surface area contributed by atoms with Crippen molar-refractivity contribution in [3.05, 3.63) is 99.5 Å². The van der Waals surface area contributed by atoms with Gasteiger partial charge < -0.3 is 9.47 Å². The van der Waals surface area contributed by atoms with Gasteiger partial charge in [0.1, 0.15) is 12.4 Å². The Bertz CT molecular complexity index is 1470. The summed E-state index contributed by atoms with van der Waals surface area (Å²) < 4.78 is 12.7. The molecule has 0 radical (unpaired) electrons. The number of hydrogen-bond acceptors (Lipinski definition) is 8. The maximum Gasteiger partial charge on any atom is 0.338 e. The molecule has 9 nitrogen and oxygen atoms in total. The highest BCUT2D eigenvalue weighted by Crippen LogP contribution is 2.35. The van der Waals surface area contributed by atoms with Crippen molar-refractivity contribution in [3.63, 3.8) is 0 Å². The van der Waals surface area contributed by atoms with Crippen molar-refractivity contribution >= 4 is 91.4 Å². The van der Waals surface area contributed by atoms with Crippen LogP contribution in [0.1, 0.15) is 28.4 Å². The number of carbonyl (C=O) groups excluding carboxylic acids is 2. The SMILES string of the molecule is CCOC(=O)c1ccc(N=C2S/C(=C\c3cc(I)c(OCc4ccc([N+](=O)[O-])cc4)c(I)c3)C(=O)N2C)cc1. The quantitative estimate of drug-likeness (QED) is 0.0816. The number of benzene rings is 3. The molecule has 3 aromatic carbocycles. The number of hydrogen-bond donors (Lipinski definition) is 0. The van der Waals surface area contributed by atoms with Crippen LogP contribution in [-0.4, -0.2) is 40.5 Å². The van der Waals surface area contributed by atoms with E-state index in [0.717, 1.165) is 18.3 Å². The summed E-state index contributed by atoms with van der Waals surface area (Å²) in [5.74, 6) is 0.148. The van der Waals surface area contributed by atoms with Crippen LogP contribution in [0.4, 0.5) is 11.4 Å². The second-order valence-corrected chi connectivity index (χ2v) is 11.5. The highest BCUT2D eigenvalue weighted by atomic mass is 127. The lowest BCUT2D eigenvalue weighted by atomic mass is 10.2. The molecule has 39 heavy (non-hydrogen) atoms. The normalized spacial score (nSPS) is 15.2. The number of nitro benzene ring substituents is 1. The summed E-state index contributed by atoms with van der Waals surface area (Å²) in [6.07, 6.45) is 1.82. The number of nitro groups is 1. The Balaban J connectivity index is 1.47. The fourth-order valence-electron chi connectivity index (χ4n) is 3.47. The van der Waals surface area contributed by atoms with Crippen LogP contribution in [0, 0.1) is 17.3 Å². The minimum atomic E-state index is -0.436. The van der Waals surface area contributed by atoms with Crippen molar-refractivity contribution in [3.8, 4) is 5.75 Å². The number of aliphatic imine (C=N–C) groups is 1. The van der Waals surface area contributed by atoms with Gasteiger partial charge in [-0.25, -0.2) is 9.79 Å². The summed E-state index contributed by atoms with van der Waals surface area (Å²) in [5.41, 5.74) is 2.75. The molecule has 0 saturated carbocycles. The van der Waals surface area contributed by atoms with E-state index >= 15 is 0 Å². The van der Waals surface area contributed by atoms with Gasteiger partial charge in [-0.3, -0.25) is 19.8 Å². The van der Waals surface area contributed by atoms with Crippen molar-refractivity contribution in [2.45, 2.75) is 13.5 Å². The lowest BCUT2D eigenvalue weighted by Crippen LogP contribution is -2.23. The van der Waals surface area contributed by atoms with Gasteiger partial charge in [-0.1, -0.05) is 0 Å². The number of esters is 1. The van der Waals surface area contributed by atoms with Crippen LogP contribution in [0.5, 0.6) is 5.75 Å². The van der Waals surface area contributed by atoms with Crippen LogP contribution in [0.15, 0.2) is 70.6 Å². The van der Waals surface area contributed by atoms with Crippen LogP contribution in [0.2, 0.25) is 0 Å². The summed E-state index contributed by atoms with van der Waals surface area (Å²) in [6.45, 7) is 2.32. The molecule has 1 aliphatic heterocycles. The van der Waals surface area contributed by atoms with Gasteiger partial charge in [0, 0.05) is 19.2 Å². The molecule has 1 amide bonds. The monoisotopic (exact) mass is 769 g/mol. The van der Waals surface area contributed by atoms with Gasteiger partial charge in [0.15, 0.2) is 5.17 Å². The van der Waals surface area contributed by atoms with E-state index in [1.54, 1.807) is 50.4 Å². The predicted molar refractivity (Wildman–Crippen MR) is 167 cm³/mol. The standard InChI is InChI=1S/C27H21I2N3O6S/c1-3-37-26(34)18-6-8-19(9-7-18)30-27-31(2)25(33)23(39-27)14-17-12-21(28)24(22(29)13-17)38-15-16-4-10-20(11-5-16)32(35)36/h4-14H,3,15H2,1-2H3/b23-14-,30-27?. The molecule has 0 unspecified atom stereocenters. The fraction of sp³-hybridized carbons (Fsp3) is 0.148. The summed E-state index contributed by atoms with van der Waals surface area (Å²) in [6, 6.07) is 16.8. The number of amides is 1. The molecule has 0 atom stereocenters. The van der Waals surface area contributed by atoms with E-state index in [-0.39, 0.29) is 18.2 Å². The molecule has 0 aliphatic carbocycles. The van der Waals surface area contributed by atoms with Crippen LogP contribution in [0.25, 0.3) is 6.08 Å². The number of non-ortho nitro benzene ring substituents is 1. The number of ether oxygens (including phenoxy) is 2. The predicted octanol–water partition coefficient (Wildman–Crippen LogP) is 6.79. The molecule has 12 heteroatoms. The van der Waals surface area contributed by atoms with Crippen LogP contribution >= 0.6 is 56.9 Å². The van der Waals surface area contributed by atoms with Crippen LogP contribution < -0.4 is 4.74 Å². The number of halogens is 2. The number of thioether (sulfide) groups is 1. The summed E-state index contributed by atoms with van der Waals surface area (Å²) in [5, 5.41) is 11.4. The van der Waals surface area contributed by atoms with E-state index in [2.05, 4.69) is 50.2 Å². The fourth-order valence-corrected chi connectivity index (χ4v) is 6.58. The molecule has 1 heterocycles. The van der Waals surface area contributed by atoms with E-state index in [9.17, 15) is 19.7 Å². The first-order valence-electron chi connectivity index (χ1n) is 11.5. The van der Waals surface area contributed by atoms with E-state index in [0.29, 0.717) is 33.7 Å². The number of likely N-dealkylation sites (N-methyl/N-ethyl adjacent to an activating group) is 1. The molecule has 1 saturated heterocycles. The minimum absolute atomic E-state index is 0.0328. The van der Waals surface area contributed by atoms with Crippen LogP contribution in [0.3, 0.4) is 0 Å². The first-order valence-corrected chi connectivity index (χ1v) is 14.5. The lowest BCUT2D eigenvalue weighted by Gasteiger charge is -2.12. The van der Waals surface area contributed by atoms with E-state index in [1.807, 2.05) is 18.2 Å². The summed E-state index contributed by atoms with van der Waals surface area (Å²) >= 11 is 5.65. The maximum atomic E-state index is 12.9. The largest absolute Gasteiger partial charge is 0.487 e. The van der Waals surface area contributed by atoms with E-state index in [4.69, 9.17) is 9.47 Å². The highest BCUT2D eigenvalue weighted by molar-refractivity contribution is 14.1. The third-order valence-corrected chi connectivity index (χ3v) is 8.12. The van der Waals surface area contributed by atoms with Crippen molar-refractivity contribution < 1.29 is 24.0 Å². The Morgan fingerprint density at radius 2 is 1.74 bits per heavy atom. The van der Waals surface area contributed by atoms with Gasteiger partial charge in [-0.05, 0) is 130 Å². The second kappa shape index (κ2) is 12.9. The molecular formula is C27H21I2N3O6S. The number of nitrogens with zero attached hydrogens (tertiary/aromatic N) is 3.